The molecule has 0 spiro atoms. The van der Waals surface area contributed by atoms with E-state index in [0.29, 0.717) is 22.4 Å². The summed E-state index contributed by atoms with van der Waals surface area (Å²) < 4.78 is 6.85. The molecule has 4 rings (SSSR count). The molecule has 1 saturated carbocycles. The molecule has 1 fully saturated rings. The third-order valence-electron chi connectivity index (χ3n) is 4.30. The smallest absolute Gasteiger partial charge is 0.275 e. The topological polar surface area (TPSA) is 94.1 Å². The molecule has 0 atom stereocenters. The highest BCUT2D eigenvalue weighted by atomic mass is 35.5. The lowest BCUT2D eigenvalue weighted by Gasteiger charge is -2.20. The minimum Gasteiger partial charge on any atom is -0.419 e. The standard InChI is InChI=1S/C18H16ClN5O3/c1-23-16(25)9-8-14(22-23)18(26)24(11-6-7-11)10-15-20-21-17(27-15)12-4-2-3-5-13(12)19/h2-5,8-9,11H,6-7,10H2,1H3. The average Bonchev–Trinajstić information content (AvgIpc) is 3.40. The second kappa shape index (κ2) is 6.96. The second-order valence-electron chi connectivity index (χ2n) is 6.33. The van der Waals surface area contributed by atoms with Gasteiger partial charge in [-0.2, -0.15) is 5.10 Å². The van der Waals surface area contributed by atoms with E-state index in [4.69, 9.17) is 16.0 Å². The van der Waals surface area contributed by atoms with Gasteiger partial charge < -0.3 is 9.32 Å². The number of aryl methyl sites for hydroxylation is 1. The monoisotopic (exact) mass is 385 g/mol. The first kappa shape index (κ1) is 17.4. The maximum atomic E-state index is 12.9. The largest absolute Gasteiger partial charge is 0.419 e. The van der Waals surface area contributed by atoms with Gasteiger partial charge in [0.15, 0.2) is 0 Å². The Kier molecular flexibility index (Phi) is 4.49. The third-order valence-corrected chi connectivity index (χ3v) is 4.63. The number of aromatic nitrogens is 4. The van der Waals surface area contributed by atoms with Gasteiger partial charge in [-0.25, -0.2) is 4.68 Å². The predicted molar refractivity (Wildman–Crippen MR) is 97.1 cm³/mol. The Morgan fingerprint density at radius 1 is 1.26 bits per heavy atom. The Hall–Kier alpha value is -3.00. The normalized spacial score (nSPS) is 13.6. The van der Waals surface area contributed by atoms with Gasteiger partial charge in [0.1, 0.15) is 5.69 Å². The van der Waals surface area contributed by atoms with Gasteiger partial charge in [-0.3, -0.25) is 9.59 Å². The fourth-order valence-electron chi connectivity index (χ4n) is 2.72. The number of carbonyl (C=O) groups excluding carboxylic acids is 1. The van der Waals surface area contributed by atoms with Crippen molar-refractivity contribution in [2.75, 3.05) is 0 Å². The summed E-state index contributed by atoms with van der Waals surface area (Å²) in [7, 11) is 1.51. The van der Waals surface area contributed by atoms with E-state index < -0.39 is 0 Å². The Labute approximate surface area is 159 Å². The van der Waals surface area contributed by atoms with Crippen molar-refractivity contribution in [2.45, 2.75) is 25.4 Å². The summed E-state index contributed by atoms with van der Waals surface area (Å²) in [6.45, 7) is 0.172. The molecule has 1 aromatic carbocycles. The SMILES string of the molecule is Cn1nc(C(=O)N(Cc2nnc(-c3ccccc3Cl)o2)C2CC2)ccc1=O. The highest BCUT2D eigenvalue weighted by Gasteiger charge is 2.35. The number of halogens is 1. The predicted octanol–water partition coefficient (Wildman–Crippen LogP) is 2.29. The molecule has 3 aromatic rings. The molecule has 1 aliphatic carbocycles. The summed E-state index contributed by atoms with van der Waals surface area (Å²) in [6.07, 6.45) is 1.81. The first-order valence-electron chi connectivity index (χ1n) is 8.45. The van der Waals surface area contributed by atoms with Crippen molar-refractivity contribution in [3.63, 3.8) is 0 Å². The van der Waals surface area contributed by atoms with Crippen molar-refractivity contribution in [1.29, 1.82) is 0 Å². The molecule has 8 nitrogen and oxygen atoms in total. The van der Waals surface area contributed by atoms with Gasteiger partial charge in [0.25, 0.3) is 11.5 Å². The van der Waals surface area contributed by atoms with Crippen molar-refractivity contribution in [1.82, 2.24) is 24.9 Å². The molecule has 0 saturated heterocycles. The zero-order valence-corrected chi connectivity index (χ0v) is 15.3. The number of carbonyl (C=O) groups is 1. The minimum atomic E-state index is -0.273. The quantitative estimate of drug-likeness (QED) is 0.668. The lowest BCUT2D eigenvalue weighted by molar-refractivity contribution is 0.0706. The average molecular weight is 386 g/mol. The molecule has 0 bridgehead atoms. The minimum absolute atomic E-state index is 0.104. The number of amides is 1. The first-order valence-corrected chi connectivity index (χ1v) is 8.83. The van der Waals surface area contributed by atoms with Gasteiger partial charge in [0.2, 0.25) is 11.8 Å². The molecular formula is C18H16ClN5O3. The van der Waals surface area contributed by atoms with Gasteiger partial charge in [-0.15, -0.1) is 10.2 Å². The van der Waals surface area contributed by atoms with Gasteiger partial charge in [-0.05, 0) is 31.0 Å². The molecular weight excluding hydrogens is 370 g/mol. The molecule has 1 aliphatic rings. The van der Waals surface area contributed by atoms with E-state index in [1.54, 1.807) is 17.0 Å². The highest BCUT2D eigenvalue weighted by molar-refractivity contribution is 6.33. The fourth-order valence-corrected chi connectivity index (χ4v) is 2.94. The molecule has 0 radical (unpaired) electrons. The maximum absolute atomic E-state index is 12.9. The van der Waals surface area contributed by atoms with Crippen molar-refractivity contribution in [3.05, 3.63) is 63.4 Å². The van der Waals surface area contributed by atoms with Crippen LogP contribution in [0.4, 0.5) is 0 Å². The summed E-state index contributed by atoms with van der Waals surface area (Å²) in [6, 6.07) is 10.0. The summed E-state index contributed by atoms with van der Waals surface area (Å²) in [5, 5.41) is 12.6. The number of hydrogen-bond acceptors (Lipinski definition) is 6. The highest BCUT2D eigenvalue weighted by Crippen LogP contribution is 2.31. The number of rotatable bonds is 5. The Morgan fingerprint density at radius 3 is 2.74 bits per heavy atom. The van der Waals surface area contributed by atoms with E-state index in [-0.39, 0.29) is 29.7 Å². The Bertz CT molecular complexity index is 1060. The Balaban J connectivity index is 1.58. The third kappa shape index (κ3) is 3.61. The zero-order valence-electron chi connectivity index (χ0n) is 14.5. The molecule has 9 heteroatoms. The van der Waals surface area contributed by atoms with E-state index in [2.05, 4.69) is 15.3 Å². The summed E-state index contributed by atoms with van der Waals surface area (Å²) in [5.41, 5.74) is 0.572. The molecule has 138 valence electrons. The molecule has 0 N–H and O–H groups in total. The fraction of sp³-hybridized carbons (Fsp3) is 0.278. The van der Waals surface area contributed by atoms with Crippen molar-refractivity contribution < 1.29 is 9.21 Å². The maximum Gasteiger partial charge on any atom is 0.275 e. The van der Waals surface area contributed by atoms with Crippen LogP contribution in [0, 0.1) is 0 Å². The van der Waals surface area contributed by atoms with Crippen LogP contribution in [0.3, 0.4) is 0 Å². The van der Waals surface area contributed by atoms with Crippen LogP contribution in [0.5, 0.6) is 0 Å². The Morgan fingerprint density at radius 2 is 2.04 bits per heavy atom. The second-order valence-corrected chi connectivity index (χ2v) is 6.73. The van der Waals surface area contributed by atoms with E-state index in [0.717, 1.165) is 17.5 Å². The molecule has 0 aliphatic heterocycles. The van der Waals surface area contributed by atoms with E-state index in [9.17, 15) is 9.59 Å². The zero-order chi connectivity index (χ0) is 19.0. The van der Waals surface area contributed by atoms with Gasteiger partial charge >= 0.3 is 0 Å². The summed E-state index contributed by atoms with van der Waals surface area (Å²) in [5.74, 6) is 0.347. The van der Waals surface area contributed by atoms with Gasteiger partial charge in [-0.1, -0.05) is 23.7 Å². The van der Waals surface area contributed by atoms with Crippen LogP contribution in [-0.4, -0.2) is 36.8 Å². The molecule has 0 unspecified atom stereocenters. The van der Waals surface area contributed by atoms with Crippen LogP contribution in [0.1, 0.15) is 29.2 Å². The summed E-state index contributed by atoms with van der Waals surface area (Å²) >= 11 is 6.16. The lowest BCUT2D eigenvalue weighted by Crippen LogP contribution is -2.34. The van der Waals surface area contributed by atoms with Crippen LogP contribution in [0.15, 0.2) is 45.6 Å². The van der Waals surface area contributed by atoms with E-state index in [1.807, 2.05) is 12.1 Å². The van der Waals surface area contributed by atoms with Crippen molar-refractivity contribution in [3.8, 4) is 11.5 Å². The lowest BCUT2D eigenvalue weighted by atomic mass is 10.2. The first-order chi connectivity index (χ1) is 13.0. The number of nitrogens with zero attached hydrogens (tertiary/aromatic N) is 5. The van der Waals surface area contributed by atoms with E-state index >= 15 is 0 Å². The summed E-state index contributed by atoms with van der Waals surface area (Å²) in [4.78, 5) is 26.0. The van der Waals surface area contributed by atoms with Crippen LogP contribution < -0.4 is 5.56 Å². The van der Waals surface area contributed by atoms with Crippen molar-refractivity contribution >= 4 is 17.5 Å². The van der Waals surface area contributed by atoms with Gasteiger partial charge in [0.05, 0.1) is 17.1 Å². The molecule has 2 aromatic heterocycles. The van der Waals surface area contributed by atoms with Crippen LogP contribution in [0.2, 0.25) is 5.02 Å². The molecule has 27 heavy (non-hydrogen) atoms. The van der Waals surface area contributed by atoms with Crippen LogP contribution in [-0.2, 0) is 13.6 Å². The molecule has 2 heterocycles. The van der Waals surface area contributed by atoms with E-state index in [1.165, 1.54) is 19.2 Å². The van der Waals surface area contributed by atoms with Crippen molar-refractivity contribution in [2.24, 2.45) is 7.05 Å². The number of benzene rings is 1. The van der Waals surface area contributed by atoms with Crippen LogP contribution >= 0.6 is 11.6 Å². The van der Waals surface area contributed by atoms with Crippen LogP contribution in [0.25, 0.3) is 11.5 Å². The van der Waals surface area contributed by atoms with Gasteiger partial charge in [0, 0.05) is 19.2 Å². The molecule has 1 amide bonds. The number of hydrogen-bond donors (Lipinski definition) is 0.